The van der Waals surface area contributed by atoms with E-state index in [9.17, 15) is 4.79 Å². The summed E-state index contributed by atoms with van der Waals surface area (Å²) in [7, 11) is 4.04. The van der Waals surface area contributed by atoms with Crippen LogP contribution in [0.3, 0.4) is 0 Å². The fourth-order valence-corrected chi connectivity index (χ4v) is 5.14. The number of piperazine rings is 1. The number of amides is 1. The number of hydrogen-bond donors (Lipinski definition) is 0. The maximum Gasteiger partial charge on any atom is 0.286 e. The van der Waals surface area contributed by atoms with Gasteiger partial charge in [-0.05, 0) is 47.0 Å². The number of anilines is 2. The third-order valence-corrected chi connectivity index (χ3v) is 7.02. The Morgan fingerprint density at radius 3 is 2.31 bits per heavy atom. The molecule has 1 amide bonds. The number of benzene rings is 3. The van der Waals surface area contributed by atoms with Gasteiger partial charge in [0.05, 0.1) is 4.91 Å². The second-order valence-electron chi connectivity index (χ2n) is 8.27. The Hall–Kier alpha value is -3.25. The minimum Gasteiger partial charge on any atom is -0.378 e. The molecule has 6 heteroatoms. The van der Waals surface area contributed by atoms with E-state index < -0.39 is 0 Å². The highest BCUT2D eigenvalue weighted by Crippen LogP contribution is 2.32. The van der Waals surface area contributed by atoms with E-state index in [1.165, 1.54) is 28.2 Å². The van der Waals surface area contributed by atoms with E-state index in [4.69, 9.17) is 0 Å². The normalized spacial score (nSPS) is 17.9. The molecule has 1 saturated heterocycles. The first-order valence-corrected chi connectivity index (χ1v) is 11.7. The molecule has 5 rings (SSSR count). The van der Waals surface area contributed by atoms with Crippen LogP contribution >= 0.6 is 11.8 Å². The predicted octanol–water partition coefficient (Wildman–Crippen LogP) is 4.70. The van der Waals surface area contributed by atoms with Crippen LogP contribution in [0.5, 0.6) is 0 Å². The van der Waals surface area contributed by atoms with Gasteiger partial charge in [-0.15, -0.1) is 0 Å². The zero-order chi connectivity index (χ0) is 22.1. The zero-order valence-electron chi connectivity index (χ0n) is 18.4. The quantitative estimate of drug-likeness (QED) is 0.550. The molecule has 0 spiro atoms. The highest BCUT2D eigenvalue weighted by Gasteiger charge is 2.28. The summed E-state index contributed by atoms with van der Waals surface area (Å²) in [6, 6.07) is 23.2. The maximum atomic E-state index is 12.5. The SMILES string of the molecule is CN(C)c1ccc(/C=C2/SC(N3CCN(c4cccc5ccccc45)CC3)=NC2=O)cc1. The van der Waals surface area contributed by atoms with E-state index >= 15 is 0 Å². The Labute approximate surface area is 193 Å². The van der Waals surface area contributed by atoms with Crippen molar-refractivity contribution in [2.24, 2.45) is 4.99 Å². The van der Waals surface area contributed by atoms with Crippen LogP contribution in [0.1, 0.15) is 5.56 Å². The second kappa shape index (κ2) is 8.71. The fraction of sp³-hybridized carbons (Fsp3) is 0.231. The predicted molar refractivity (Wildman–Crippen MR) is 137 cm³/mol. The van der Waals surface area contributed by atoms with Gasteiger partial charge >= 0.3 is 0 Å². The summed E-state index contributed by atoms with van der Waals surface area (Å²) >= 11 is 1.49. The molecule has 0 bridgehead atoms. The molecule has 0 aromatic heterocycles. The van der Waals surface area contributed by atoms with E-state index in [0.717, 1.165) is 42.6 Å². The Bertz CT molecular complexity index is 1200. The van der Waals surface area contributed by atoms with Crippen molar-refractivity contribution in [2.75, 3.05) is 50.1 Å². The van der Waals surface area contributed by atoms with Crippen molar-refractivity contribution >= 4 is 51.1 Å². The largest absolute Gasteiger partial charge is 0.378 e. The smallest absolute Gasteiger partial charge is 0.286 e. The molecule has 0 unspecified atom stereocenters. The maximum absolute atomic E-state index is 12.5. The van der Waals surface area contributed by atoms with Crippen molar-refractivity contribution in [3.8, 4) is 0 Å². The first kappa shape index (κ1) is 20.6. The molecule has 32 heavy (non-hydrogen) atoms. The van der Waals surface area contributed by atoms with Crippen LogP contribution < -0.4 is 9.80 Å². The number of aliphatic imine (C=N–C) groups is 1. The summed E-state index contributed by atoms with van der Waals surface area (Å²) in [6.45, 7) is 3.53. The lowest BCUT2D eigenvalue weighted by atomic mass is 10.1. The Morgan fingerprint density at radius 1 is 0.875 bits per heavy atom. The number of carbonyl (C=O) groups is 1. The third kappa shape index (κ3) is 4.10. The lowest BCUT2D eigenvalue weighted by Gasteiger charge is -2.37. The summed E-state index contributed by atoms with van der Waals surface area (Å²) in [6.07, 6.45) is 1.94. The molecule has 3 aromatic rings. The molecule has 3 aromatic carbocycles. The molecule has 5 nitrogen and oxygen atoms in total. The van der Waals surface area contributed by atoms with Crippen LogP contribution in [0.15, 0.2) is 76.6 Å². The average molecular weight is 443 g/mol. The second-order valence-corrected chi connectivity index (χ2v) is 9.28. The number of nitrogens with zero attached hydrogens (tertiary/aromatic N) is 4. The van der Waals surface area contributed by atoms with E-state index in [1.807, 2.05) is 32.3 Å². The molecule has 0 atom stereocenters. The molecule has 1 fully saturated rings. The van der Waals surface area contributed by atoms with Crippen LogP contribution in [0.4, 0.5) is 11.4 Å². The molecule has 2 heterocycles. The van der Waals surface area contributed by atoms with Gasteiger partial charge in [0.15, 0.2) is 5.17 Å². The monoisotopic (exact) mass is 442 g/mol. The number of fused-ring (bicyclic) bond motifs is 1. The summed E-state index contributed by atoms with van der Waals surface area (Å²) in [5.41, 5.74) is 3.43. The van der Waals surface area contributed by atoms with Crippen molar-refractivity contribution in [1.29, 1.82) is 0 Å². The Morgan fingerprint density at radius 2 is 1.56 bits per heavy atom. The number of rotatable bonds is 3. The summed E-state index contributed by atoms with van der Waals surface area (Å²) in [4.78, 5) is 24.3. The van der Waals surface area contributed by atoms with E-state index in [0.29, 0.717) is 4.91 Å². The van der Waals surface area contributed by atoms with Crippen LogP contribution in [0.2, 0.25) is 0 Å². The van der Waals surface area contributed by atoms with Crippen molar-refractivity contribution in [1.82, 2.24) is 4.90 Å². The minimum atomic E-state index is -0.141. The van der Waals surface area contributed by atoms with Gasteiger partial charge in [-0.2, -0.15) is 4.99 Å². The van der Waals surface area contributed by atoms with Gasteiger partial charge in [0, 0.05) is 57.0 Å². The molecule has 2 aliphatic rings. The van der Waals surface area contributed by atoms with Crippen LogP contribution in [-0.2, 0) is 4.79 Å². The highest BCUT2D eigenvalue weighted by atomic mass is 32.2. The van der Waals surface area contributed by atoms with Gasteiger partial charge in [-0.3, -0.25) is 4.79 Å². The molecule has 0 saturated carbocycles. The van der Waals surface area contributed by atoms with E-state index in [1.54, 1.807) is 0 Å². The van der Waals surface area contributed by atoms with Crippen molar-refractivity contribution in [2.45, 2.75) is 0 Å². The number of thioether (sulfide) groups is 1. The summed E-state index contributed by atoms with van der Waals surface area (Å²) in [5.74, 6) is -0.141. The van der Waals surface area contributed by atoms with E-state index in [2.05, 4.69) is 74.3 Å². The van der Waals surface area contributed by atoms with Gasteiger partial charge in [-0.1, -0.05) is 48.5 Å². The number of hydrogen-bond acceptors (Lipinski definition) is 5. The number of amidine groups is 1. The topological polar surface area (TPSA) is 39.1 Å². The summed E-state index contributed by atoms with van der Waals surface area (Å²) < 4.78 is 0. The van der Waals surface area contributed by atoms with Gasteiger partial charge in [-0.25, -0.2) is 0 Å². The Balaban J connectivity index is 1.25. The fourth-order valence-electron chi connectivity index (χ4n) is 4.18. The molecule has 2 aliphatic heterocycles. The van der Waals surface area contributed by atoms with Gasteiger partial charge in [0.2, 0.25) is 0 Å². The highest BCUT2D eigenvalue weighted by molar-refractivity contribution is 8.18. The molecular weight excluding hydrogens is 416 g/mol. The zero-order valence-corrected chi connectivity index (χ0v) is 19.2. The standard InChI is InChI=1S/C26H26N4OS/c1-28(2)21-12-10-19(11-13-21)18-24-25(31)27-26(32-24)30-16-14-29(15-17-30)23-9-5-7-20-6-3-4-8-22(20)23/h3-13,18H,14-17H2,1-2H3/b24-18+. The molecule has 162 valence electrons. The van der Waals surface area contributed by atoms with Crippen molar-refractivity contribution < 1.29 is 4.79 Å². The summed E-state index contributed by atoms with van der Waals surface area (Å²) in [5, 5.41) is 3.38. The van der Waals surface area contributed by atoms with Crippen LogP contribution in [0, 0.1) is 0 Å². The lowest BCUT2D eigenvalue weighted by molar-refractivity contribution is -0.113. The molecule has 0 aliphatic carbocycles. The Kier molecular flexibility index (Phi) is 5.62. The van der Waals surface area contributed by atoms with Crippen LogP contribution in [-0.4, -0.2) is 56.2 Å². The minimum absolute atomic E-state index is 0.141. The average Bonchev–Trinajstić information content (AvgIpc) is 3.19. The van der Waals surface area contributed by atoms with E-state index in [-0.39, 0.29) is 5.91 Å². The number of carbonyl (C=O) groups excluding carboxylic acids is 1. The van der Waals surface area contributed by atoms with Gasteiger partial charge < -0.3 is 14.7 Å². The van der Waals surface area contributed by atoms with Crippen molar-refractivity contribution in [3.63, 3.8) is 0 Å². The molecule has 0 N–H and O–H groups in total. The van der Waals surface area contributed by atoms with Crippen LogP contribution in [0.25, 0.3) is 16.8 Å². The first-order valence-electron chi connectivity index (χ1n) is 10.9. The van der Waals surface area contributed by atoms with Gasteiger partial charge in [0.25, 0.3) is 5.91 Å². The molecule has 0 radical (unpaired) electrons. The van der Waals surface area contributed by atoms with Gasteiger partial charge in [0.1, 0.15) is 0 Å². The van der Waals surface area contributed by atoms with Crippen molar-refractivity contribution in [3.05, 3.63) is 77.2 Å². The third-order valence-electron chi connectivity index (χ3n) is 5.97. The lowest BCUT2D eigenvalue weighted by Crippen LogP contribution is -2.47. The molecular formula is C26H26N4OS. The first-order chi connectivity index (χ1) is 15.6.